The zero-order chi connectivity index (χ0) is 13.7. The van der Waals surface area contributed by atoms with Crippen molar-refractivity contribution >= 4 is 11.5 Å². The third kappa shape index (κ3) is 2.99. The lowest BCUT2D eigenvalue weighted by molar-refractivity contribution is 0.794. The smallest absolute Gasteiger partial charge is 0.169 e. The summed E-state index contributed by atoms with van der Waals surface area (Å²) in [6, 6.07) is 11.5. The Hall–Kier alpha value is -2.61. The Morgan fingerprint density at radius 1 is 1.26 bits per heavy atom. The summed E-state index contributed by atoms with van der Waals surface area (Å²) in [6.45, 7) is 3.44. The molecule has 5 heteroatoms. The van der Waals surface area contributed by atoms with Crippen molar-refractivity contribution in [3.8, 4) is 6.07 Å². The van der Waals surface area contributed by atoms with E-state index in [0.29, 0.717) is 17.9 Å². The molecule has 5 nitrogen and oxygen atoms in total. The average Bonchev–Trinajstić information content (AvgIpc) is 2.46. The second-order valence-corrected chi connectivity index (χ2v) is 4.14. The number of rotatable bonds is 4. The quantitative estimate of drug-likeness (QED) is 0.842. The van der Waals surface area contributed by atoms with Crippen molar-refractivity contribution in [2.75, 3.05) is 17.2 Å². The van der Waals surface area contributed by atoms with E-state index < -0.39 is 0 Å². The lowest BCUT2D eigenvalue weighted by Gasteiger charge is -2.22. The minimum absolute atomic E-state index is 0.535. The van der Waals surface area contributed by atoms with Crippen molar-refractivity contribution in [1.29, 1.82) is 5.26 Å². The minimum Gasteiger partial charge on any atom is -0.399 e. The first-order valence-electron chi connectivity index (χ1n) is 6.05. The first kappa shape index (κ1) is 12.8. The molecule has 19 heavy (non-hydrogen) atoms. The largest absolute Gasteiger partial charge is 0.399 e. The molecule has 0 saturated carbocycles. The number of anilines is 2. The molecule has 0 unspecified atom stereocenters. The van der Waals surface area contributed by atoms with E-state index in [1.807, 2.05) is 36.1 Å². The second-order valence-electron chi connectivity index (χ2n) is 4.14. The summed E-state index contributed by atoms with van der Waals surface area (Å²) in [4.78, 5) is 2.01. The van der Waals surface area contributed by atoms with Crippen molar-refractivity contribution in [1.82, 2.24) is 10.2 Å². The molecule has 0 amide bonds. The van der Waals surface area contributed by atoms with Gasteiger partial charge in [0.2, 0.25) is 0 Å². The molecule has 0 spiro atoms. The molecule has 2 N–H and O–H groups in total. The molecule has 0 radical (unpaired) electrons. The summed E-state index contributed by atoms with van der Waals surface area (Å²) in [6.07, 6.45) is 1.53. The Bertz CT molecular complexity index is 586. The first-order valence-corrected chi connectivity index (χ1v) is 6.05. The van der Waals surface area contributed by atoms with Crippen molar-refractivity contribution in [3.05, 3.63) is 47.7 Å². The molecule has 0 aliphatic heterocycles. The minimum atomic E-state index is 0.535. The first-order chi connectivity index (χ1) is 9.24. The van der Waals surface area contributed by atoms with Gasteiger partial charge in [-0.25, -0.2) is 0 Å². The number of benzene rings is 1. The molecule has 0 bridgehead atoms. The van der Waals surface area contributed by atoms with E-state index in [9.17, 15) is 0 Å². The van der Waals surface area contributed by atoms with Crippen LogP contribution in [-0.2, 0) is 6.54 Å². The van der Waals surface area contributed by atoms with Crippen LogP contribution in [0.3, 0.4) is 0 Å². The Labute approximate surface area is 112 Å². The molecule has 0 saturated heterocycles. The maximum atomic E-state index is 9.10. The zero-order valence-corrected chi connectivity index (χ0v) is 10.7. The van der Waals surface area contributed by atoms with E-state index >= 15 is 0 Å². The molecule has 0 aliphatic carbocycles. The number of aromatic nitrogens is 2. The van der Waals surface area contributed by atoms with Crippen LogP contribution in [0.1, 0.15) is 18.1 Å². The standard InChI is InChI=1S/C14H15N5/c1-2-19(10-11-3-5-13(16)6-4-11)14-12(9-15)7-8-17-18-14/h3-8H,2,10,16H2,1H3. The van der Waals surface area contributed by atoms with Crippen molar-refractivity contribution in [2.24, 2.45) is 0 Å². The molecular weight excluding hydrogens is 238 g/mol. The third-order valence-electron chi connectivity index (χ3n) is 2.86. The van der Waals surface area contributed by atoms with Crippen LogP contribution < -0.4 is 10.6 Å². The van der Waals surface area contributed by atoms with Crippen LogP contribution in [-0.4, -0.2) is 16.7 Å². The Balaban J connectivity index is 2.25. The summed E-state index contributed by atoms with van der Waals surface area (Å²) in [5.41, 5.74) is 8.06. The van der Waals surface area contributed by atoms with Crippen LogP contribution in [0.2, 0.25) is 0 Å². The van der Waals surface area contributed by atoms with E-state index in [1.165, 1.54) is 6.20 Å². The maximum Gasteiger partial charge on any atom is 0.169 e. The van der Waals surface area contributed by atoms with Gasteiger partial charge >= 0.3 is 0 Å². The fourth-order valence-electron chi connectivity index (χ4n) is 1.83. The topological polar surface area (TPSA) is 78.8 Å². The Morgan fingerprint density at radius 3 is 2.63 bits per heavy atom. The van der Waals surface area contributed by atoms with Crippen molar-refractivity contribution in [2.45, 2.75) is 13.5 Å². The van der Waals surface area contributed by atoms with Crippen LogP contribution in [0.15, 0.2) is 36.5 Å². The van der Waals surface area contributed by atoms with Crippen molar-refractivity contribution in [3.63, 3.8) is 0 Å². The van der Waals surface area contributed by atoms with Gasteiger partial charge in [-0.2, -0.15) is 10.4 Å². The summed E-state index contributed by atoms with van der Waals surface area (Å²) < 4.78 is 0. The number of hydrogen-bond donors (Lipinski definition) is 1. The fraction of sp³-hybridized carbons (Fsp3) is 0.214. The normalized spacial score (nSPS) is 9.89. The fourth-order valence-corrected chi connectivity index (χ4v) is 1.83. The van der Waals surface area contributed by atoms with Crippen LogP contribution in [0.25, 0.3) is 0 Å². The van der Waals surface area contributed by atoms with Crippen LogP contribution in [0.4, 0.5) is 11.5 Å². The van der Waals surface area contributed by atoms with Gasteiger partial charge in [0.15, 0.2) is 5.82 Å². The summed E-state index contributed by atoms with van der Waals surface area (Å²) in [5, 5.41) is 17.0. The van der Waals surface area contributed by atoms with Crippen LogP contribution >= 0.6 is 0 Å². The van der Waals surface area contributed by atoms with E-state index in [2.05, 4.69) is 16.3 Å². The van der Waals surface area contributed by atoms with E-state index in [-0.39, 0.29) is 0 Å². The molecule has 1 aromatic heterocycles. The maximum absolute atomic E-state index is 9.10. The number of hydrogen-bond acceptors (Lipinski definition) is 5. The number of nitrogens with zero attached hydrogens (tertiary/aromatic N) is 4. The van der Waals surface area contributed by atoms with Crippen LogP contribution in [0.5, 0.6) is 0 Å². The molecule has 1 heterocycles. The highest BCUT2D eigenvalue weighted by molar-refractivity contribution is 5.53. The summed E-state index contributed by atoms with van der Waals surface area (Å²) in [7, 11) is 0. The average molecular weight is 253 g/mol. The van der Waals surface area contributed by atoms with E-state index in [1.54, 1.807) is 6.07 Å². The summed E-state index contributed by atoms with van der Waals surface area (Å²) >= 11 is 0. The van der Waals surface area contributed by atoms with Gasteiger partial charge in [-0.1, -0.05) is 12.1 Å². The molecule has 0 atom stereocenters. The van der Waals surface area contributed by atoms with Gasteiger partial charge in [-0.05, 0) is 30.7 Å². The van der Waals surface area contributed by atoms with Gasteiger partial charge < -0.3 is 10.6 Å². The molecule has 2 aromatic rings. The lowest BCUT2D eigenvalue weighted by atomic mass is 10.2. The SMILES string of the molecule is CCN(Cc1ccc(N)cc1)c1nnccc1C#N. The lowest BCUT2D eigenvalue weighted by Crippen LogP contribution is -2.24. The highest BCUT2D eigenvalue weighted by atomic mass is 15.3. The van der Waals surface area contributed by atoms with Gasteiger partial charge in [0.25, 0.3) is 0 Å². The molecule has 2 rings (SSSR count). The Morgan fingerprint density at radius 2 is 2.00 bits per heavy atom. The number of nitrogen functional groups attached to an aromatic ring is 1. The number of nitriles is 1. The molecular formula is C14H15N5. The third-order valence-corrected chi connectivity index (χ3v) is 2.86. The molecule has 0 fully saturated rings. The Kier molecular flexibility index (Phi) is 3.94. The highest BCUT2D eigenvalue weighted by Gasteiger charge is 2.12. The number of nitrogens with two attached hydrogens (primary N) is 1. The van der Waals surface area contributed by atoms with Gasteiger partial charge in [0.05, 0.1) is 11.8 Å². The van der Waals surface area contributed by atoms with Crippen molar-refractivity contribution < 1.29 is 0 Å². The zero-order valence-electron chi connectivity index (χ0n) is 10.7. The predicted octanol–water partition coefficient (Wildman–Crippen LogP) is 1.96. The van der Waals surface area contributed by atoms with Gasteiger partial charge in [-0.15, -0.1) is 5.10 Å². The summed E-state index contributed by atoms with van der Waals surface area (Å²) in [5.74, 6) is 0.615. The molecule has 1 aromatic carbocycles. The van der Waals surface area contributed by atoms with E-state index in [4.69, 9.17) is 11.0 Å². The van der Waals surface area contributed by atoms with E-state index in [0.717, 1.165) is 17.8 Å². The highest BCUT2D eigenvalue weighted by Crippen LogP contribution is 2.18. The predicted molar refractivity (Wildman–Crippen MR) is 74.3 cm³/mol. The van der Waals surface area contributed by atoms with Gasteiger partial charge in [0.1, 0.15) is 6.07 Å². The van der Waals surface area contributed by atoms with Gasteiger partial charge in [0, 0.05) is 18.8 Å². The molecule has 0 aliphatic rings. The monoisotopic (exact) mass is 253 g/mol. The second kappa shape index (κ2) is 5.83. The van der Waals surface area contributed by atoms with Crippen LogP contribution in [0, 0.1) is 11.3 Å². The molecule has 96 valence electrons. The van der Waals surface area contributed by atoms with Gasteiger partial charge in [-0.3, -0.25) is 0 Å².